The van der Waals surface area contributed by atoms with Crippen LogP contribution in [0.25, 0.3) is 10.9 Å². The van der Waals surface area contributed by atoms with Crippen molar-refractivity contribution in [2.24, 2.45) is 0 Å². The Hall–Kier alpha value is -3.37. The molecule has 0 saturated heterocycles. The van der Waals surface area contributed by atoms with E-state index in [0.29, 0.717) is 5.92 Å². The first-order valence-electron chi connectivity index (χ1n) is 12.6. The molecule has 4 rings (SSSR count). The van der Waals surface area contributed by atoms with Crippen LogP contribution in [0.4, 0.5) is 4.79 Å². The number of aromatic nitrogens is 1. The number of benzene rings is 3. The summed E-state index contributed by atoms with van der Waals surface area (Å²) in [5.41, 5.74) is 4.27. The Morgan fingerprint density at radius 1 is 0.857 bits per heavy atom. The quantitative estimate of drug-likeness (QED) is 0.265. The van der Waals surface area contributed by atoms with E-state index in [0.717, 1.165) is 43.3 Å². The smallest absolute Gasteiger partial charge is 0.419 e. The van der Waals surface area contributed by atoms with Gasteiger partial charge in [0.1, 0.15) is 5.60 Å². The monoisotopic (exact) mass is 468 g/mol. The van der Waals surface area contributed by atoms with Gasteiger partial charge in [0.25, 0.3) is 0 Å². The number of nitrogens with one attached hydrogen (secondary N) is 1. The lowest BCUT2D eigenvalue weighted by Crippen LogP contribution is -2.26. The van der Waals surface area contributed by atoms with E-state index in [1.54, 1.807) is 4.57 Å². The summed E-state index contributed by atoms with van der Waals surface area (Å²) in [7, 11) is 0. The molecule has 182 valence electrons. The molecule has 0 aliphatic carbocycles. The van der Waals surface area contributed by atoms with E-state index in [1.807, 2.05) is 45.2 Å². The lowest BCUT2D eigenvalue weighted by Gasteiger charge is -2.19. The second-order valence-electron chi connectivity index (χ2n) is 10.0. The average Bonchev–Trinajstić information content (AvgIpc) is 3.23. The van der Waals surface area contributed by atoms with Crippen LogP contribution in [0.2, 0.25) is 0 Å². The summed E-state index contributed by atoms with van der Waals surface area (Å²) < 4.78 is 7.26. The zero-order chi connectivity index (χ0) is 24.7. The molecule has 4 heteroatoms. The number of aryl methyl sites for hydroxylation is 1. The molecule has 0 spiro atoms. The Labute approximate surface area is 208 Å². The molecule has 0 aliphatic rings. The molecular formula is C31H36N2O2. The number of carbonyl (C=O) groups excluding carboxylic acids is 1. The van der Waals surface area contributed by atoms with Gasteiger partial charge >= 0.3 is 6.09 Å². The summed E-state index contributed by atoms with van der Waals surface area (Å²) in [4.78, 5) is 12.7. The number of fused-ring (bicyclic) bond motifs is 1. The van der Waals surface area contributed by atoms with Gasteiger partial charge in [0, 0.05) is 17.5 Å². The summed E-state index contributed by atoms with van der Waals surface area (Å²) >= 11 is 0. The van der Waals surface area contributed by atoms with Crippen molar-refractivity contribution in [3.05, 3.63) is 108 Å². The van der Waals surface area contributed by atoms with E-state index in [1.165, 1.54) is 16.7 Å². The molecule has 0 saturated carbocycles. The van der Waals surface area contributed by atoms with E-state index in [9.17, 15) is 4.79 Å². The van der Waals surface area contributed by atoms with Crippen molar-refractivity contribution in [1.29, 1.82) is 0 Å². The molecule has 0 fully saturated rings. The van der Waals surface area contributed by atoms with Crippen molar-refractivity contribution < 1.29 is 9.53 Å². The van der Waals surface area contributed by atoms with Gasteiger partial charge in [0.05, 0.1) is 5.52 Å². The van der Waals surface area contributed by atoms with E-state index in [2.05, 4.69) is 72.0 Å². The van der Waals surface area contributed by atoms with Crippen LogP contribution < -0.4 is 5.32 Å². The normalized spacial score (nSPS) is 11.8. The van der Waals surface area contributed by atoms with Crippen molar-refractivity contribution in [2.75, 3.05) is 13.1 Å². The van der Waals surface area contributed by atoms with Gasteiger partial charge in [0.2, 0.25) is 0 Å². The van der Waals surface area contributed by atoms with Crippen LogP contribution in [0.1, 0.15) is 56.2 Å². The SMILES string of the molecule is CC(C)(C)OC(=O)n1cc(CCCNCCC(c2ccccc2)c2ccccc2)c2ccccc21. The minimum atomic E-state index is -0.524. The largest absolute Gasteiger partial charge is 0.443 e. The Morgan fingerprint density at radius 3 is 2.09 bits per heavy atom. The van der Waals surface area contributed by atoms with Crippen molar-refractivity contribution >= 4 is 17.0 Å². The fraction of sp³-hybridized carbons (Fsp3) is 0.323. The number of ether oxygens (including phenoxy) is 1. The number of nitrogens with zero attached hydrogens (tertiary/aromatic N) is 1. The standard InChI is InChI=1S/C31H36N2O2/c1-31(2,3)35-30(34)33-23-26(28-18-10-11-19-29(28)33)17-12-21-32-22-20-27(24-13-6-4-7-14-24)25-15-8-5-9-16-25/h4-11,13-16,18-19,23,27,32H,12,17,20-22H2,1-3H3. The molecule has 0 unspecified atom stereocenters. The van der Waals surface area contributed by atoms with Gasteiger partial charge in [-0.05, 0) is 75.9 Å². The Bertz CT molecular complexity index is 1180. The lowest BCUT2D eigenvalue weighted by atomic mass is 9.88. The second-order valence-corrected chi connectivity index (χ2v) is 10.0. The molecule has 3 aromatic carbocycles. The summed E-state index contributed by atoms with van der Waals surface area (Å²) in [5, 5.41) is 4.75. The number of hydrogen-bond acceptors (Lipinski definition) is 3. The van der Waals surface area contributed by atoms with Gasteiger partial charge in [-0.1, -0.05) is 78.9 Å². The van der Waals surface area contributed by atoms with Gasteiger partial charge in [-0.25, -0.2) is 4.79 Å². The van der Waals surface area contributed by atoms with Gasteiger partial charge in [-0.2, -0.15) is 0 Å². The third-order valence-corrected chi connectivity index (χ3v) is 6.20. The summed E-state index contributed by atoms with van der Waals surface area (Å²) in [6, 6.07) is 29.6. The van der Waals surface area contributed by atoms with Crippen LogP contribution in [-0.4, -0.2) is 29.4 Å². The molecule has 4 nitrogen and oxygen atoms in total. The predicted molar refractivity (Wildman–Crippen MR) is 144 cm³/mol. The Kier molecular flexibility index (Phi) is 8.04. The number of para-hydroxylation sites is 1. The first-order chi connectivity index (χ1) is 16.9. The highest BCUT2D eigenvalue weighted by molar-refractivity contribution is 5.92. The van der Waals surface area contributed by atoms with Crippen LogP contribution in [0, 0.1) is 0 Å². The zero-order valence-corrected chi connectivity index (χ0v) is 21.0. The minimum absolute atomic E-state index is 0.328. The van der Waals surface area contributed by atoms with Gasteiger partial charge in [-0.3, -0.25) is 4.57 Å². The second kappa shape index (κ2) is 11.4. The van der Waals surface area contributed by atoms with Gasteiger partial charge < -0.3 is 10.1 Å². The van der Waals surface area contributed by atoms with Crippen LogP contribution in [-0.2, 0) is 11.2 Å². The van der Waals surface area contributed by atoms with Crippen molar-refractivity contribution in [1.82, 2.24) is 9.88 Å². The number of rotatable bonds is 9. The minimum Gasteiger partial charge on any atom is -0.443 e. The van der Waals surface area contributed by atoms with Crippen LogP contribution in [0.5, 0.6) is 0 Å². The van der Waals surface area contributed by atoms with Crippen molar-refractivity contribution in [3.8, 4) is 0 Å². The third kappa shape index (κ3) is 6.61. The summed E-state index contributed by atoms with van der Waals surface area (Å²) in [6.07, 6.45) is 4.57. The van der Waals surface area contributed by atoms with Gasteiger partial charge in [0.15, 0.2) is 0 Å². The highest BCUT2D eigenvalue weighted by atomic mass is 16.6. The highest BCUT2D eigenvalue weighted by Crippen LogP contribution is 2.27. The topological polar surface area (TPSA) is 43.3 Å². The maximum atomic E-state index is 12.7. The lowest BCUT2D eigenvalue weighted by molar-refractivity contribution is 0.0544. The van der Waals surface area contributed by atoms with Crippen LogP contribution >= 0.6 is 0 Å². The first kappa shape index (κ1) is 24.7. The highest BCUT2D eigenvalue weighted by Gasteiger charge is 2.20. The first-order valence-corrected chi connectivity index (χ1v) is 12.6. The Morgan fingerprint density at radius 2 is 1.46 bits per heavy atom. The molecule has 35 heavy (non-hydrogen) atoms. The molecule has 0 radical (unpaired) electrons. The molecule has 0 amide bonds. The third-order valence-electron chi connectivity index (χ3n) is 6.20. The fourth-order valence-electron chi connectivity index (χ4n) is 4.58. The maximum absolute atomic E-state index is 12.7. The molecular weight excluding hydrogens is 432 g/mol. The molecule has 4 aromatic rings. The molecule has 1 aromatic heterocycles. The van der Waals surface area contributed by atoms with E-state index >= 15 is 0 Å². The van der Waals surface area contributed by atoms with E-state index in [-0.39, 0.29) is 6.09 Å². The predicted octanol–water partition coefficient (Wildman–Crippen LogP) is 7.17. The molecule has 0 bridgehead atoms. The average molecular weight is 469 g/mol. The van der Waals surface area contributed by atoms with Crippen molar-refractivity contribution in [2.45, 2.75) is 51.6 Å². The van der Waals surface area contributed by atoms with Crippen LogP contribution in [0.15, 0.2) is 91.1 Å². The number of hydrogen-bond donors (Lipinski definition) is 1. The summed E-state index contributed by atoms with van der Waals surface area (Å²) in [6.45, 7) is 7.56. The molecule has 1 N–H and O–H groups in total. The molecule has 1 heterocycles. The fourth-order valence-corrected chi connectivity index (χ4v) is 4.58. The maximum Gasteiger partial charge on any atom is 0.419 e. The van der Waals surface area contributed by atoms with Crippen LogP contribution in [0.3, 0.4) is 0 Å². The van der Waals surface area contributed by atoms with E-state index in [4.69, 9.17) is 4.74 Å². The Balaban J connectivity index is 1.33. The summed E-state index contributed by atoms with van der Waals surface area (Å²) in [5.74, 6) is 0.386. The van der Waals surface area contributed by atoms with Crippen molar-refractivity contribution in [3.63, 3.8) is 0 Å². The molecule has 0 aliphatic heterocycles. The number of carbonyl (C=O) groups is 1. The molecule has 0 atom stereocenters. The van der Waals surface area contributed by atoms with E-state index < -0.39 is 5.60 Å². The zero-order valence-electron chi connectivity index (χ0n) is 21.0. The van der Waals surface area contributed by atoms with Gasteiger partial charge in [-0.15, -0.1) is 0 Å².